The summed E-state index contributed by atoms with van der Waals surface area (Å²) < 4.78 is 4.75. The van der Waals surface area contributed by atoms with E-state index in [1.165, 1.54) is 7.11 Å². The van der Waals surface area contributed by atoms with Crippen LogP contribution in [0.3, 0.4) is 0 Å². The number of methoxy groups -OCH3 is 1. The van der Waals surface area contributed by atoms with Gasteiger partial charge in [-0.1, -0.05) is 0 Å². The standard InChI is InChI=1S/C7H16N2O2/c1-11-7(10)6-9-4-2-8-3-5-9/h7-8,10H,2-6H2,1H3/t7-/m1/s1. The number of nitrogens with zero attached hydrogens (tertiary/aromatic N) is 1. The summed E-state index contributed by atoms with van der Waals surface area (Å²) >= 11 is 0. The van der Waals surface area contributed by atoms with Gasteiger partial charge in [0.25, 0.3) is 0 Å². The number of aliphatic hydroxyl groups excluding tert-OH is 1. The Morgan fingerprint density at radius 3 is 2.73 bits per heavy atom. The maximum atomic E-state index is 9.13. The Morgan fingerprint density at radius 1 is 1.55 bits per heavy atom. The molecule has 0 bridgehead atoms. The lowest BCUT2D eigenvalue weighted by atomic mass is 10.3. The number of ether oxygens (including phenoxy) is 1. The van der Waals surface area contributed by atoms with Crippen molar-refractivity contribution in [1.29, 1.82) is 0 Å². The van der Waals surface area contributed by atoms with E-state index in [0.29, 0.717) is 6.54 Å². The third kappa shape index (κ3) is 3.16. The Balaban J connectivity index is 2.13. The van der Waals surface area contributed by atoms with Crippen molar-refractivity contribution in [3.63, 3.8) is 0 Å². The molecule has 1 saturated heterocycles. The Morgan fingerprint density at radius 2 is 2.18 bits per heavy atom. The monoisotopic (exact) mass is 160 g/mol. The minimum atomic E-state index is -0.631. The first-order chi connectivity index (χ1) is 5.33. The highest BCUT2D eigenvalue weighted by molar-refractivity contribution is 4.67. The molecule has 0 spiro atoms. The van der Waals surface area contributed by atoms with Gasteiger partial charge in [0.1, 0.15) is 0 Å². The van der Waals surface area contributed by atoms with Gasteiger partial charge in [0.2, 0.25) is 0 Å². The van der Waals surface area contributed by atoms with E-state index in [0.717, 1.165) is 26.2 Å². The molecule has 1 aliphatic rings. The number of nitrogens with one attached hydrogen (secondary N) is 1. The molecule has 1 rings (SSSR count). The minimum Gasteiger partial charge on any atom is -0.367 e. The Bertz CT molecular complexity index is 105. The highest BCUT2D eigenvalue weighted by Gasteiger charge is 2.12. The summed E-state index contributed by atoms with van der Waals surface area (Å²) in [6.07, 6.45) is -0.631. The topological polar surface area (TPSA) is 44.7 Å². The second kappa shape index (κ2) is 4.66. The van der Waals surface area contributed by atoms with Crippen molar-refractivity contribution in [2.24, 2.45) is 0 Å². The van der Waals surface area contributed by atoms with Crippen LogP contribution >= 0.6 is 0 Å². The van der Waals surface area contributed by atoms with E-state index in [9.17, 15) is 0 Å². The summed E-state index contributed by atoms with van der Waals surface area (Å²) in [5.74, 6) is 0. The van der Waals surface area contributed by atoms with Gasteiger partial charge in [0, 0.05) is 39.8 Å². The maximum Gasteiger partial charge on any atom is 0.166 e. The van der Waals surface area contributed by atoms with E-state index in [2.05, 4.69) is 10.2 Å². The average molecular weight is 160 g/mol. The first-order valence-corrected chi connectivity index (χ1v) is 3.97. The molecule has 0 unspecified atom stereocenters. The van der Waals surface area contributed by atoms with Crippen molar-refractivity contribution in [2.45, 2.75) is 6.29 Å². The fraction of sp³-hybridized carbons (Fsp3) is 1.00. The van der Waals surface area contributed by atoms with Crippen LogP contribution in [-0.4, -0.2) is 56.1 Å². The summed E-state index contributed by atoms with van der Waals surface area (Å²) in [4.78, 5) is 2.19. The number of β-amino-alcohol motifs (C(OH)–C–C–N with tert-alkyl or cyclic N) is 1. The molecule has 1 heterocycles. The van der Waals surface area contributed by atoms with Gasteiger partial charge in [-0.2, -0.15) is 0 Å². The molecule has 1 fully saturated rings. The Labute approximate surface area is 67.1 Å². The minimum absolute atomic E-state index is 0.623. The summed E-state index contributed by atoms with van der Waals surface area (Å²) in [5.41, 5.74) is 0. The molecule has 4 nitrogen and oxygen atoms in total. The highest BCUT2D eigenvalue weighted by Crippen LogP contribution is 1.94. The fourth-order valence-corrected chi connectivity index (χ4v) is 1.19. The number of hydrogen-bond acceptors (Lipinski definition) is 4. The molecule has 0 radical (unpaired) electrons. The summed E-state index contributed by atoms with van der Waals surface area (Å²) in [7, 11) is 1.52. The molecule has 4 heteroatoms. The first-order valence-electron chi connectivity index (χ1n) is 3.97. The van der Waals surface area contributed by atoms with E-state index < -0.39 is 6.29 Å². The van der Waals surface area contributed by atoms with E-state index >= 15 is 0 Å². The molecule has 0 aromatic heterocycles. The van der Waals surface area contributed by atoms with Crippen molar-refractivity contribution in [3.05, 3.63) is 0 Å². The molecule has 2 N–H and O–H groups in total. The zero-order chi connectivity index (χ0) is 8.10. The lowest BCUT2D eigenvalue weighted by Gasteiger charge is -2.28. The Kier molecular flexibility index (Phi) is 3.79. The second-order valence-electron chi connectivity index (χ2n) is 2.74. The molecule has 11 heavy (non-hydrogen) atoms. The maximum absolute atomic E-state index is 9.13. The fourth-order valence-electron chi connectivity index (χ4n) is 1.19. The van der Waals surface area contributed by atoms with Crippen LogP contribution in [0.4, 0.5) is 0 Å². The summed E-state index contributed by atoms with van der Waals surface area (Å²) in [6, 6.07) is 0. The molecule has 1 aliphatic heterocycles. The third-order valence-corrected chi connectivity index (χ3v) is 1.90. The second-order valence-corrected chi connectivity index (χ2v) is 2.74. The molecule has 0 aromatic rings. The lowest BCUT2D eigenvalue weighted by molar-refractivity contribution is -0.0915. The largest absolute Gasteiger partial charge is 0.367 e. The lowest BCUT2D eigenvalue weighted by Crippen LogP contribution is -2.46. The van der Waals surface area contributed by atoms with Crippen LogP contribution in [-0.2, 0) is 4.74 Å². The number of rotatable bonds is 3. The zero-order valence-corrected chi connectivity index (χ0v) is 6.92. The predicted octanol–water partition coefficient (Wildman–Crippen LogP) is -1.14. The first kappa shape index (κ1) is 8.93. The van der Waals surface area contributed by atoms with Gasteiger partial charge in [0.15, 0.2) is 6.29 Å². The van der Waals surface area contributed by atoms with Gasteiger partial charge in [0.05, 0.1) is 0 Å². The average Bonchev–Trinajstić information content (AvgIpc) is 2.06. The van der Waals surface area contributed by atoms with Crippen LogP contribution in [0.15, 0.2) is 0 Å². The molecule has 0 amide bonds. The predicted molar refractivity (Wildman–Crippen MR) is 42.3 cm³/mol. The van der Waals surface area contributed by atoms with Gasteiger partial charge in [-0.3, -0.25) is 4.90 Å². The van der Waals surface area contributed by atoms with E-state index in [1.807, 2.05) is 0 Å². The highest BCUT2D eigenvalue weighted by atomic mass is 16.6. The molecule has 0 aliphatic carbocycles. The van der Waals surface area contributed by atoms with Crippen LogP contribution in [0.1, 0.15) is 0 Å². The SMILES string of the molecule is CO[C@@H](O)CN1CCNCC1. The zero-order valence-electron chi connectivity index (χ0n) is 6.92. The van der Waals surface area contributed by atoms with Gasteiger partial charge in [-0.25, -0.2) is 0 Å². The Hall–Kier alpha value is -0.160. The van der Waals surface area contributed by atoms with Crippen molar-refractivity contribution < 1.29 is 9.84 Å². The van der Waals surface area contributed by atoms with Crippen molar-refractivity contribution in [1.82, 2.24) is 10.2 Å². The van der Waals surface area contributed by atoms with Crippen LogP contribution in [0.25, 0.3) is 0 Å². The quantitative estimate of drug-likeness (QED) is 0.512. The van der Waals surface area contributed by atoms with Crippen LogP contribution in [0.5, 0.6) is 0 Å². The molecular formula is C7H16N2O2. The smallest absolute Gasteiger partial charge is 0.166 e. The van der Waals surface area contributed by atoms with Crippen molar-refractivity contribution in [2.75, 3.05) is 39.8 Å². The van der Waals surface area contributed by atoms with Crippen molar-refractivity contribution in [3.8, 4) is 0 Å². The van der Waals surface area contributed by atoms with Crippen LogP contribution < -0.4 is 5.32 Å². The number of piperazine rings is 1. The normalized spacial score (nSPS) is 23.5. The van der Waals surface area contributed by atoms with E-state index in [1.54, 1.807) is 0 Å². The molecule has 1 atom stereocenters. The summed E-state index contributed by atoms with van der Waals surface area (Å²) in [6.45, 7) is 4.64. The number of hydrogen-bond donors (Lipinski definition) is 2. The summed E-state index contributed by atoms with van der Waals surface area (Å²) in [5, 5.41) is 12.4. The molecule has 0 saturated carbocycles. The third-order valence-electron chi connectivity index (χ3n) is 1.90. The van der Waals surface area contributed by atoms with Crippen LogP contribution in [0.2, 0.25) is 0 Å². The van der Waals surface area contributed by atoms with Gasteiger partial charge < -0.3 is 15.2 Å². The molecule has 66 valence electrons. The van der Waals surface area contributed by atoms with E-state index in [4.69, 9.17) is 9.84 Å². The number of aliphatic hydroxyl groups is 1. The van der Waals surface area contributed by atoms with Crippen molar-refractivity contribution >= 4 is 0 Å². The van der Waals surface area contributed by atoms with Crippen LogP contribution in [0, 0.1) is 0 Å². The van der Waals surface area contributed by atoms with Gasteiger partial charge in [-0.15, -0.1) is 0 Å². The van der Waals surface area contributed by atoms with Gasteiger partial charge in [-0.05, 0) is 0 Å². The molecule has 0 aromatic carbocycles. The van der Waals surface area contributed by atoms with E-state index in [-0.39, 0.29) is 0 Å². The molecular weight excluding hydrogens is 144 g/mol. The van der Waals surface area contributed by atoms with Gasteiger partial charge >= 0.3 is 0 Å².